The van der Waals surface area contributed by atoms with Crippen LogP contribution in [0, 0.1) is 5.92 Å². The molecule has 2 aromatic carbocycles. The van der Waals surface area contributed by atoms with Gasteiger partial charge in [-0.1, -0.05) is 48.5 Å². The van der Waals surface area contributed by atoms with E-state index in [1.54, 1.807) is 11.8 Å². The maximum Gasteiger partial charge on any atom is 0.140 e. The van der Waals surface area contributed by atoms with Gasteiger partial charge in [0.15, 0.2) is 0 Å². The lowest BCUT2D eigenvalue weighted by Crippen LogP contribution is -2.35. The highest BCUT2D eigenvalue weighted by Gasteiger charge is 2.38. The molecule has 0 bridgehead atoms. The maximum absolute atomic E-state index is 12.4. The van der Waals surface area contributed by atoms with Crippen molar-refractivity contribution in [2.24, 2.45) is 5.92 Å². The zero-order valence-corrected chi connectivity index (χ0v) is 13.2. The summed E-state index contributed by atoms with van der Waals surface area (Å²) in [6, 6.07) is 19.7. The van der Waals surface area contributed by atoms with E-state index in [0.29, 0.717) is 6.42 Å². The predicted molar refractivity (Wildman–Crippen MR) is 89.8 cm³/mol. The van der Waals surface area contributed by atoms with Crippen LogP contribution in [0.3, 0.4) is 0 Å². The number of hydrogen-bond acceptors (Lipinski definition) is 3. The first-order valence-electron chi connectivity index (χ1n) is 7.73. The average molecular weight is 312 g/mol. The summed E-state index contributed by atoms with van der Waals surface area (Å²) in [7, 11) is 0. The third-order valence-corrected chi connectivity index (χ3v) is 5.57. The lowest BCUT2D eigenvalue weighted by atomic mass is 9.81. The van der Waals surface area contributed by atoms with E-state index in [1.165, 1.54) is 0 Å². The molecule has 0 saturated heterocycles. The zero-order valence-electron chi connectivity index (χ0n) is 12.4. The van der Waals surface area contributed by atoms with Gasteiger partial charge in [-0.2, -0.15) is 0 Å². The maximum atomic E-state index is 12.4. The molecule has 114 valence electrons. The Morgan fingerprint density at radius 3 is 2.32 bits per heavy atom. The highest BCUT2D eigenvalue weighted by Crippen LogP contribution is 2.41. The monoisotopic (exact) mass is 312 g/mol. The number of carbonyl (C=O) groups is 1. The van der Waals surface area contributed by atoms with Crippen LogP contribution in [0.15, 0.2) is 65.6 Å². The lowest BCUT2D eigenvalue weighted by molar-refractivity contribution is -0.128. The van der Waals surface area contributed by atoms with E-state index in [2.05, 4.69) is 12.1 Å². The van der Waals surface area contributed by atoms with Crippen molar-refractivity contribution in [1.29, 1.82) is 0 Å². The Balaban J connectivity index is 1.82. The third-order valence-electron chi connectivity index (χ3n) is 4.20. The van der Waals surface area contributed by atoms with Gasteiger partial charge in [-0.3, -0.25) is 4.79 Å². The van der Waals surface area contributed by atoms with Gasteiger partial charge in [-0.25, -0.2) is 0 Å². The Kier molecular flexibility index (Phi) is 4.96. The Bertz CT molecular complexity index is 612. The summed E-state index contributed by atoms with van der Waals surface area (Å²) >= 11 is 1.72. The molecule has 0 aromatic heterocycles. The standard InChI is InChI=1S/C19H20O2S/c20-16-12-7-13-17(22-15-10-5-2-6-11-15)18(16)19(21)14-8-3-1-4-9-14/h1-6,8-11,17-19,21H,7,12-13H2. The van der Waals surface area contributed by atoms with Crippen molar-refractivity contribution in [3.63, 3.8) is 0 Å². The van der Waals surface area contributed by atoms with Gasteiger partial charge in [-0.15, -0.1) is 11.8 Å². The molecule has 3 unspecified atom stereocenters. The smallest absolute Gasteiger partial charge is 0.140 e. The summed E-state index contributed by atoms with van der Waals surface area (Å²) in [6.45, 7) is 0. The fourth-order valence-corrected chi connectivity index (χ4v) is 4.47. The summed E-state index contributed by atoms with van der Waals surface area (Å²) in [5.74, 6) is -0.127. The molecule has 0 spiro atoms. The molecule has 2 aromatic rings. The largest absolute Gasteiger partial charge is 0.388 e. The Morgan fingerprint density at radius 2 is 1.64 bits per heavy atom. The molecular formula is C19H20O2S. The van der Waals surface area contributed by atoms with E-state index in [-0.39, 0.29) is 17.0 Å². The van der Waals surface area contributed by atoms with Gasteiger partial charge in [0, 0.05) is 16.6 Å². The molecule has 1 saturated carbocycles. The predicted octanol–water partition coefficient (Wildman–Crippen LogP) is 4.25. The number of ketones is 1. The normalized spacial score (nSPS) is 23.2. The first-order chi connectivity index (χ1) is 10.8. The van der Waals surface area contributed by atoms with E-state index in [4.69, 9.17) is 0 Å². The SMILES string of the molecule is O=C1CCCC(Sc2ccccc2)C1C(O)c1ccccc1. The van der Waals surface area contributed by atoms with Crippen molar-refractivity contribution in [2.45, 2.75) is 35.5 Å². The van der Waals surface area contributed by atoms with E-state index < -0.39 is 6.10 Å². The molecule has 1 aliphatic rings. The second-order valence-electron chi connectivity index (χ2n) is 5.71. The van der Waals surface area contributed by atoms with E-state index in [1.807, 2.05) is 48.5 Å². The third kappa shape index (κ3) is 3.42. The number of rotatable bonds is 4. The van der Waals surface area contributed by atoms with Crippen molar-refractivity contribution in [2.75, 3.05) is 0 Å². The van der Waals surface area contributed by atoms with Crippen molar-refractivity contribution < 1.29 is 9.90 Å². The second-order valence-corrected chi connectivity index (χ2v) is 7.02. The number of hydrogen-bond donors (Lipinski definition) is 1. The van der Waals surface area contributed by atoms with Crippen molar-refractivity contribution >= 4 is 17.5 Å². The van der Waals surface area contributed by atoms with Gasteiger partial charge < -0.3 is 5.11 Å². The minimum Gasteiger partial charge on any atom is -0.388 e. The van der Waals surface area contributed by atoms with Crippen LogP contribution in [0.5, 0.6) is 0 Å². The summed E-state index contributed by atoms with van der Waals surface area (Å²) in [4.78, 5) is 13.6. The summed E-state index contributed by atoms with van der Waals surface area (Å²) in [5, 5.41) is 10.9. The minimum atomic E-state index is -0.713. The average Bonchev–Trinajstić information content (AvgIpc) is 2.56. The number of carbonyl (C=O) groups excluding carboxylic acids is 1. The number of Topliss-reactive ketones (excluding diaryl/α,β-unsaturated/α-hetero) is 1. The molecule has 22 heavy (non-hydrogen) atoms. The highest BCUT2D eigenvalue weighted by molar-refractivity contribution is 8.00. The fourth-order valence-electron chi connectivity index (χ4n) is 3.07. The summed E-state index contributed by atoms with van der Waals surface area (Å²) < 4.78 is 0. The lowest BCUT2D eigenvalue weighted by Gasteiger charge is -2.33. The summed E-state index contributed by atoms with van der Waals surface area (Å²) in [6.07, 6.45) is 1.76. The molecule has 0 radical (unpaired) electrons. The van der Waals surface area contributed by atoms with Crippen molar-refractivity contribution in [3.05, 3.63) is 66.2 Å². The molecule has 3 atom stereocenters. The van der Waals surface area contributed by atoms with Crippen molar-refractivity contribution in [3.8, 4) is 0 Å². The van der Waals surface area contributed by atoms with Gasteiger partial charge in [0.25, 0.3) is 0 Å². The van der Waals surface area contributed by atoms with Crippen LogP contribution in [0.2, 0.25) is 0 Å². The van der Waals surface area contributed by atoms with Crippen LogP contribution >= 0.6 is 11.8 Å². The Morgan fingerprint density at radius 1 is 1.00 bits per heavy atom. The molecule has 3 rings (SSSR count). The Labute approximate surface area is 135 Å². The topological polar surface area (TPSA) is 37.3 Å². The van der Waals surface area contributed by atoms with Crippen LogP contribution in [0.1, 0.15) is 30.9 Å². The first kappa shape index (κ1) is 15.3. The second kappa shape index (κ2) is 7.12. The molecule has 0 amide bonds. The number of aliphatic hydroxyl groups is 1. The van der Waals surface area contributed by atoms with Gasteiger partial charge in [-0.05, 0) is 30.5 Å². The molecule has 1 fully saturated rings. The van der Waals surface area contributed by atoms with Crippen LogP contribution in [-0.2, 0) is 4.79 Å². The summed E-state index contributed by atoms with van der Waals surface area (Å²) in [5.41, 5.74) is 0.835. The number of benzene rings is 2. The fraction of sp³-hybridized carbons (Fsp3) is 0.316. The van der Waals surface area contributed by atoms with E-state index in [9.17, 15) is 9.90 Å². The van der Waals surface area contributed by atoms with E-state index in [0.717, 1.165) is 23.3 Å². The van der Waals surface area contributed by atoms with E-state index >= 15 is 0 Å². The zero-order chi connectivity index (χ0) is 15.4. The first-order valence-corrected chi connectivity index (χ1v) is 8.61. The van der Waals surface area contributed by atoms with Gasteiger partial charge in [0.05, 0.1) is 12.0 Å². The van der Waals surface area contributed by atoms with Crippen molar-refractivity contribution in [1.82, 2.24) is 0 Å². The minimum absolute atomic E-state index is 0.138. The molecule has 2 nitrogen and oxygen atoms in total. The molecule has 1 N–H and O–H groups in total. The number of aliphatic hydroxyl groups excluding tert-OH is 1. The van der Waals surface area contributed by atoms with Crippen LogP contribution in [0.25, 0.3) is 0 Å². The van der Waals surface area contributed by atoms with Crippen LogP contribution in [0.4, 0.5) is 0 Å². The molecule has 0 heterocycles. The molecular weight excluding hydrogens is 292 g/mol. The highest BCUT2D eigenvalue weighted by atomic mass is 32.2. The quantitative estimate of drug-likeness (QED) is 0.917. The number of thioether (sulfide) groups is 1. The van der Waals surface area contributed by atoms with Gasteiger partial charge >= 0.3 is 0 Å². The Hall–Kier alpha value is -1.58. The van der Waals surface area contributed by atoms with Gasteiger partial charge in [0.1, 0.15) is 5.78 Å². The molecule has 1 aliphatic carbocycles. The molecule has 3 heteroatoms. The van der Waals surface area contributed by atoms with Crippen LogP contribution < -0.4 is 0 Å². The molecule has 0 aliphatic heterocycles. The van der Waals surface area contributed by atoms with Gasteiger partial charge in [0.2, 0.25) is 0 Å². The van der Waals surface area contributed by atoms with Crippen LogP contribution in [-0.4, -0.2) is 16.1 Å².